The second-order valence-corrected chi connectivity index (χ2v) is 6.05. The summed E-state index contributed by atoms with van der Waals surface area (Å²) in [5.41, 5.74) is 2.16. The Morgan fingerprint density at radius 3 is 2.67 bits per heavy atom. The van der Waals surface area contributed by atoms with Crippen molar-refractivity contribution in [2.45, 2.75) is 39.3 Å². The van der Waals surface area contributed by atoms with Crippen molar-refractivity contribution in [2.24, 2.45) is 0 Å². The van der Waals surface area contributed by atoms with Gasteiger partial charge >= 0.3 is 0 Å². The molecule has 21 heavy (non-hydrogen) atoms. The van der Waals surface area contributed by atoms with E-state index < -0.39 is 0 Å². The largest absolute Gasteiger partial charge is 0.361 e. The first kappa shape index (κ1) is 14.5. The summed E-state index contributed by atoms with van der Waals surface area (Å²) in [5, 5.41) is 7.29. The van der Waals surface area contributed by atoms with E-state index in [1.165, 1.54) is 5.56 Å². The maximum atomic E-state index is 12.4. The lowest BCUT2D eigenvalue weighted by Gasteiger charge is -2.35. The zero-order valence-electron chi connectivity index (χ0n) is 12.9. The van der Waals surface area contributed by atoms with Crippen LogP contribution in [0.4, 0.5) is 0 Å². The Labute approximate surface area is 125 Å². The molecule has 0 radical (unpaired) electrons. The Kier molecular flexibility index (Phi) is 4.26. The van der Waals surface area contributed by atoms with Gasteiger partial charge in [0.1, 0.15) is 5.76 Å². The molecule has 0 aromatic carbocycles. The quantitative estimate of drug-likeness (QED) is 0.888. The Hall–Kier alpha value is -1.40. The van der Waals surface area contributed by atoms with E-state index in [0.29, 0.717) is 0 Å². The normalized spacial score (nSPS) is 23.7. The minimum Gasteiger partial charge on any atom is -0.361 e. The highest BCUT2D eigenvalue weighted by Gasteiger charge is 2.29. The number of aryl methyl sites for hydroxylation is 2. The van der Waals surface area contributed by atoms with E-state index in [2.05, 4.69) is 15.4 Å². The van der Waals surface area contributed by atoms with Gasteiger partial charge in [0.25, 0.3) is 0 Å². The van der Waals surface area contributed by atoms with Gasteiger partial charge in [-0.3, -0.25) is 9.69 Å². The minimum atomic E-state index is 0.0547. The van der Waals surface area contributed by atoms with Gasteiger partial charge in [-0.15, -0.1) is 0 Å². The number of carbonyl (C=O) groups is 1. The van der Waals surface area contributed by atoms with E-state index in [1.54, 1.807) is 0 Å². The van der Waals surface area contributed by atoms with Crippen molar-refractivity contribution in [3.63, 3.8) is 0 Å². The molecule has 116 valence electrons. The molecule has 2 aliphatic rings. The smallest absolute Gasteiger partial charge is 0.239 e. The van der Waals surface area contributed by atoms with Crippen molar-refractivity contribution in [1.82, 2.24) is 20.3 Å². The van der Waals surface area contributed by atoms with Crippen LogP contribution in [-0.2, 0) is 11.3 Å². The molecule has 1 unspecified atom stereocenters. The van der Waals surface area contributed by atoms with Gasteiger partial charge in [-0.25, -0.2) is 0 Å². The molecule has 2 saturated heterocycles. The van der Waals surface area contributed by atoms with Crippen LogP contribution in [0.25, 0.3) is 0 Å². The zero-order chi connectivity index (χ0) is 14.8. The number of piperazine rings is 1. The van der Waals surface area contributed by atoms with Gasteiger partial charge in [0.05, 0.1) is 11.7 Å². The van der Waals surface area contributed by atoms with Crippen molar-refractivity contribution in [1.29, 1.82) is 0 Å². The molecule has 2 aliphatic heterocycles. The van der Waals surface area contributed by atoms with Gasteiger partial charge in [-0.05, 0) is 33.2 Å². The third-order valence-corrected chi connectivity index (χ3v) is 4.61. The third kappa shape index (κ3) is 3.11. The molecule has 6 nitrogen and oxygen atoms in total. The van der Waals surface area contributed by atoms with Crippen LogP contribution < -0.4 is 5.32 Å². The highest BCUT2D eigenvalue weighted by Crippen LogP contribution is 2.17. The number of carbonyl (C=O) groups excluding carboxylic acids is 1. The summed E-state index contributed by atoms with van der Waals surface area (Å²) in [6.07, 6.45) is 2.10. The number of nitrogens with zero attached hydrogens (tertiary/aromatic N) is 3. The first-order valence-corrected chi connectivity index (χ1v) is 7.81. The molecule has 1 aromatic rings. The van der Waals surface area contributed by atoms with E-state index in [-0.39, 0.29) is 11.9 Å². The number of aromatic nitrogens is 1. The molecule has 0 spiro atoms. The molecule has 0 bridgehead atoms. The summed E-state index contributed by atoms with van der Waals surface area (Å²) in [7, 11) is 0. The van der Waals surface area contributed by atoms with Crippen LogP contribution in [-0.4, -0.2) is 59.6 Å². The number of hydrogen-bond acceptors (Lipinski definition) is 5. The van der Waals surface area contributed by atoms with Gasteiger partial charge in [-0.1, -0.05) is 5.16 Å². The molecule has 0 saturated carbocycles. The van der Waals surface area contributed by atoms with E-state index in [0.717, 1.165) is 63.6 Å². The fourth-order valence-electron chi connectivity index (χ4n) is 3.19. The lowest BCUT2D eigenvalue weighted by molar-refractivity contribution is -0.134. The number of hydrogen-bond donors (Lipinski definition) is 1. The predicted octanol–water partition coefficient (Wildman–Crippen LogP) is 0.688. The van der Waals surface area contributed by atoms with Gasteiger partial charge in [-0.2, -0.15) is 0 Å². The Bertz CT molecular complexity index is 480. The summed E-state index contributed by atoms with van der Waals surface area (Å²) < 4.78 is 5.21. The summed E-state index contributed by atoms with van der Waals surface area (Å²) in [4.78, 5) is 16.7. The van der Waals surface area contributed by atoms with Crippen molar-refractivity contribution in [3.05, 3.63) is 17.0 Å². The second-order valence-electron chi connectivity index (χ2n) is 6.05. The van der Waals surface area contributed by atoms with Gasteiger partial charge in [0.2, 0.25) is 5.91 Å². The van der Waals surface area contributed by atoms with Crippen molar-refractivity contribution < 1.29 is 9.32 Å². The summed E-state index contributed by atoms with van der Waals surface area (Å²) in [5.74, 6) is 1.19. The van der Waals surface area contributed by atoms with E-state index in [1.807, 2.05) is 18.7 Å². The lowest BCUT2D eigenvalue weighted by atomic mass is 10.1. The summed E-state index contributed by atoms with van der Waals surface area (Å²) in [6, 6.07) is 0.0547. The van der Waals surface area contributed by atoms with Crippen LogP contribution >= 0.6 is 0 Å². The Morgan fingerprint density at radius 2 is 2.10 bits per heavy atom. The second kappa shape index (κ2) is 6.15. The molecule has 3 rings (SSSR count). The van der Waals surface area contributed by atoms with Gasteiger partial charge in [0, 0.05) is 38.3 Å². The van der Waals surface area contributed by atoms with E-state index >= 15 is 0 Å². The lowest BCUT2D eigenvalue weighted by Crippen LogP contribution is -2.52. The highest BCUT2D eigenvalue weighted by molar-refractivity contribution is 5.82. The van der Waals surface area contributed by atoms with Gasteiger partial charge in [0.15, 0.2) is 0 Å². The molecular weight excluding hydrogens is 268 g/mol. The Balaban J connectivity index is 1.52. The first-order valence-electron chi connectivity index (χ1n) is 7.81. The Morgan fingerprint density at radius 1 is 1.33 bits per heavy atom. The summed E-state index contributed by atoms with van der Waals surface area (Å²) in [6.45, 7) is 9.26. The van der Waals surface area contributed by atoms with Crippen LogP contribution in [0.1, 0.15) is 29.9 Å². The fourth-order valence-corrected chi connectivity index (χ4v) is 3.19. The fraction of sp³-hybridized carbons (Fsp3) is 0.733. The standard InChI is InChI=1S/C15H24N4O2/c1-11-13(12(2)21-17-11)10-18-6-8-19(9-7-18)15(20)14-4-3-5-16-14/h14,16H,3-10H2,1-2H3. The maximum Gasteiger partial charge on any atom is 0.239 e. The molecule has 3 heterocycles. The molecule has 1 aromatic heterocycles. The molecule has 1 N–H and O–H groups in total. The average molecular weight is 292 g/mol. The van der Waals surface area contributed by atoms with Crippen LogP contribution in [0.2, 0.25) is 0 Å². The zero-order valence-corrected chi connectivity index (χ0v) is 12.9. The van der Waals surface area contributed by atoms with Crippen LogP contribution in [0, 0.1) is 13.8 Å². The van der Waals surface area contributed by atoms with Crippen molar-refractivity contribution in [2.75, 3.05) is 32.7 Å². The monoisotopic (exact) mass is 292 g/mol. The summed E-state index contributed by atoms with van der Waals surface area (Å²) >= 11 is 0. The highest BCUT2D eigenvalue weighted by atomic mass is 16.5. The third-order valence-electron chi connectivity index (χ3n) is 4.61. The van der Waals surface area contributed by atoms with Crippen LogP contribution in [0.15, 0.2) is 4.52 Å². The first-order chi connectivity index (χ1) is 10.1. The molecule has 6 heteroatoms. The SMILES string of the molecule is Cc1noc(C)c1CN1CCN(C(=O)C2CCCN2)CC1. The van der Waals surface area contributed by atoms with E-state index in [4.69, 9.17) is 4.52 Å². The van der Waals surface area contributed by atoms with Crippen LogP contribution in [0.3, 0.4) is 0 Å². The topological polar surface area (TPSA) is 61.6 Å². The maximum absolute atomic E-state index is 12.4. The molecule has 1 atom stereocenters. The number of rotatable bonds is 3. The van der Waals surface area contributed by atoms with Crippen molar-refractivity contribution >= 4 is 5.91 Å². The predicted molar refractivity (Wildman–Crippen MR) is 78.9 cm³/mol. The molecular formula is C15H24N4O2. The number of nitrogens with one attached hydrogen (secondary N) is 1. The van der Waals surface area contributed by atoms with Crippen LogP contribution in [0.5, 0.6) is 0 Å². The van der Waals surface area contributed by atoms with E-state index in [9.17, 15) is 4.79 Å². The minimum absolute atomic E-state index is 0.0547. The molecule has 2 fully saturated rings. The van der Waals surface area contributed by atoms with Gasteiger partial charge < -0.3 is 14.7 Å². The molecule has 1 amide bonds. The number of amides is 1. The average Bonchev–Trinajstić information content (AvgIpc) is 3.13. The van der Waals surface area contributed by atoms with Crippen molar-refractivity contribution in [3.8, 4) is 0 Å². The molecule has 0 aliphatic carbocycles.